The molecule has 0 aliphatic heterocycles. The van der Waals surface area contributed by atoms with E-state index in [2.05, 4.69) is 21.2 Å². The molecular formula is C27H33BrFNO3. The SMILES string of the molecule is Cc1c(CCC(=O)OC(C)(C)C)cccc1NC(=O)[C@@H](c1ccc(Br)cc1F)C1CCCC1. The van der Waals surface area contributed by atoms with E-state index >= 15 is 0 Å². The maximum absolute atomic E-state index is 14.8. The van der Waals surface area contributed by atoms with Gasteiger partial charge in [-0.1, -0.05) is 47.0 Å². The molecule has 0 unspecified atom stereocenters. The Labute approximate surface area is 204 Å². The molecule has 0 radical (unpaired) electrons. The minimum atomic E-state index is -0.537. The largest absolute Gasteiger partial charge is 0.460 e. The van der Waals surface area contributed by atoms with Gasteiger partial charge in [-0.15, -0.1) is 0 Å². The fraction of sp³-hybridized carbons (Fsp3) is 0.481. The summed E-state index contributed by atoms with van der Waals surface area (Å²) in [6.45, 7) is 7.48. The Morgan fingerprint density at radius 2 is 1.88 bits per heavy atom. The Kier molecular flexibility index (Phi) is 8.33. The number of carbonyl (C=O) groups excluding carboxylic acids is 2. The third-order valence-electron chi connectivity index (χ3n) is 6.17. The highest BCUT2D eigenvalue weighted by Gasteiger charge is 2.34. The highest BCUT2D eigenvalue weighted by atomic mass is 79.9. The van der Waals surface area contributed by atoms with Crippen molar-refractivity contribution >= 4 is 33.5 Å². The predicted octanol–water partition coefficient (Wildman–Crippen LogP) is 7.08. The number of rotatable bonds is 7. The molecule has 0 bridgehead atoms. The molecular weight excluding hydrogens is 485 g/mol. The average Bonchev–Trinajstić information content (AvgIpc) is 3.23. The summed E-state index contributed by atoms with van der Waals surface area (Å²) in [5, 5.41) is 3.06. The van der Waals surface area contributed by atoms with E-state index in [1.54, 1.807) is 12.1 Å². The van der Waals surface area contributed by atoms with Gasteiger partial charge in [-0.3, -0.25) is 9.59 Å². The monoisotopic (exact) mass is 517 g/mol. The maximum Gasteiger partial charge on any atom is 0.306 e. The van der Waals surface area contributed by atoms with Gasteiger partial charge in [-0.2, -0.15) is 0 Å². The predicted molar refractivity (Wildman–Crippen MR) is 133 cm³/mol. The number of nitrogens with one attached hydrogen (secondary N) is 1. The van der Waals surface area contributed by atoms with Crippen LogP contribution in [0.25, 0.3) is 0 Å². The third-order valence-corrected chi connectivity index (χ3v) is 6.67. The number of halogens is 2. The van der Waals surface area contributed by atoms with Crippen molar-refractivity contribution in [1.29, 1.82) is 0 Å². The first kappa shape index (κ1) is 25.4. The lowest BCUT2D eigenvalue weighted by atomic mass is 9.83. The number of ether oxygens (including phenoxy) is 1. The quantitative estimate of drug-likeness (QED) is 0.399. The lowest BCUT2D eigenvalue weighted by molar-refractivity contribution is -0.154. The molecule has 1 amide bonds. The molecule has 3 rings (SSSR count). The Morgan fingerprint density at radius 3 is 2.52 bits per heavy atom. The maximum atomic E-state index is 14.8. The molecule has 2 aromatic rings. The van der Waals surface area contributed by atoms with Crippen LogP contribution in [0.1, 0.15) is 75.5 Å². The van der Waals surface area contributed by atoms with E-state index in [0.717, 1.165) is 36.8 Å². The zero-order valence-corrected chi connectivity index (χ0v) is 21.4. The highest BCUT2D eigenvalue weighted by Crippen LogP contribution is 2.39. The molecule has 1 atom stereocenters. The highest BCUT2D eigenvalue weighted by molar-refractivity contribution is 9.10. The first-order valence-corrected chi connectivity index (χ1v) is 12.4. The van der Waals surface area contributed by atoms with Crippen LogP contribution >= 0.6 is 15.9 Å². The number of anilines is 1. The number of benzene rings is 2. The first-order valence-electron chi connectivity index (χ1n) is 11.6. The van der Waals surface area contributed by atoms with Crippen LogP contribution in [0.4, 0.5) is 10.1 Å². The molecule has 1 aliphatic rings. The summed E-state index contributed by atoms with van der Waals surface area (Å²) in [5.74, 6) is -1.21. The molecule has 0 aromatic heterocycles. The van der Waals surface area contributed by atoms with Crippen LogP contribution in [0, 0.1) is 18.7 Å². The zero-order chi connectivity index (χ0) is 24.2. The van der Waals surface area contributed by atoms with Gasteiger partial charge in [0.1, 0.15) is 11.4 Å². The molecule has 0 saturated heterocycles. The van der Waals surface area contributed by atoms with Gasteiger partial charge in [-0.05, 0) is 82.2 Å². The van der Waals surface area contributed by atoms with Crippen LogP contribution in [0.3, 0.4) is 0 Å². The number of aryl methyl sites for hydroxylation is 1. The van der Waals surface area contributed by atoms with Crippen LogP contribution < -0.4 is 5.32 Å². The van der Waals surface area contributed by atoms with E-state index in [0.29, 0.717) is 22.1 Å². The average molecular weight is 518 g/mol. The van der Waals surface area contributed by atoms with E-state index < -0.39 is 11.5 Å². The van der Waals surface area contributed by atoms with Crippen molar-refractivity contribution in [3.8, 4) is 0 Å². The van der Waals surface area contributed by atoms with Crippen molar-refractivity contribution < 1.29 is 18.7 Å². The Bertz CT molecular complexity index is 1010. The Balaban J connectivity index is 1.78. The fourth-order valence-corrected chi connectivity index (χ4v) is 4.92. The minimum Gasteiger partial charge on any atom is -0.460 e. The Morgan fingerprint density at radius 1 is 1.18 bits per heavy atom. The third kappa shape index (κ3) is 6.89. The van der Waals surface area contributed by atoms with Gasteiger partial charge in [0.25, 0.3) is 0 Å². The zero-order valence-electron chi connectivity index (χ0n) is 19.8. The van der Waals surface area contributed by atoms with Gasteiger partial charge in [0.15, 0.2) is 0 Å². The molecule has 178 valence electrons. The summed E-state index contributed by atoms with van der Waals surface area (Å²) in [6.07, 6.45) is 4.75. The van der Waals surface area contributed by atoms with Crippen molar-refractivity contribution in [2.75, 3.05) is 5.32 Å². The summed E-state index contributed by atoms with van der Waals surface area (Å²) in [5.41, 5.74) is 2.52. The smallest absolute Gasteiger partial charge is 0.306 e. The van der Waals surface area contributed by atoms with Gasteiger partial charge >= 0.3 is 5.97 Å². The van der Waals surface area contributed by atoms with E-state index in [1.807, 2.05) is 45.9 Å². The topological polar surface area (TPSA) is 55.4 Å². The number of carbonyl (C=O) groups is 2. The molecule has 33 heavy (non-hydrogen) atoms. The van der Waals surface area contributed by atoms with E-state index in [1.165, 1.54) is 6.07 Å². The second kappa shape index (κ2) is 10.8. The molecule has 0 spiro atoms. The second-order valence-electron chi connectivity index (χ2n) is 9.85. The number of hydrogen-bond donors (Lipinski definition) is 1. The van der Waals surface area contributed by atoms with E-state index in [4.69, 9.17) is 4.74 Å². The molecule has 2 aromatic carbocycles. The molecule has 4 nitrogen and oxygen atoms in total. The molecule has 6 heteroatoms. The second-order valence-corrected chi connectivity index (χ2v) is 10.8. The van der Waals surface area contributed by atoms with Crippen molar-refractivity contribution in [2.24, 2.45) is 5.92 Å². The van der Waals surface area contributed by atoms with Gasteiger partial charge in [-0.25, -0.2) is 4.39 Å². The molecule has 1 fully saturated rings. The summed E-state index contributed by atoms with van der Waals surface area (Å²) in [7, 11) is 0. The molecule has 1 aliphatic carbocycles. The van der Waals surface area contributed by atoms with Crippen molar-refractivity contribution in [3.05, 3.63) is 63.4 Å². The van der Waals surface area contributed by atoms with Crippen LogP contribution in [0.2, 0.25) is 0 Å². The van der Waals surface area contributed by atoms with Gasteiger partial charge in [0.05, 0.1) is 5.92 Å². The summed E-state index contributed by atoms with van der Waals surface area (Å²) in [4.78, 5) is 25.6. The van der Waals surface area contributed by atoms with Crippen molar-refractivity contribution in [3.63, 3.8) is 0 Å². The van der Waals surface area contributed by atoms with Crippen LogP contribution in [-0.4, -0.2) is 17.5 Å². The molecule has 1 saturated carbocycles. The van der Waals surface area contributed by atoms with Crippen molar-refractivity contribution in [2.45, 2.75) is 77.7 Å². The fourth-order valence-electron chi connectivity index (χ4n) is 4.58. The van der Waals surface area contributed by atoms with Crippen molar-refractivity contribution in [1.82, 2.24) is 0 Å². The summed E-state index contributed by atoms with van der Waals surface area (Å²) < 4.78 is 20.9. The van der Waals surface area contributed by atoms with E-state index in [-0.39, 0.29) is 30.0 Å². The van der Waals surface area contributed by atoms with Crippen LogP contribution in [-0.2, 0) is 20.7 Å². The minimum absolute atomic E-state index is 0.122. The standard InChI is InChI=1S/C27H33BrFNO3/c1-17-18(12-15-24(31)33-27(2,3)4)10-7-11-23(17)30-26(32)25(19-8-5-6-9-19)21-14-13-20(28)16-22(21)29/h7,10-11,13-14,16,19,25H,5-6,8-9,12,15H2,1-4H3,(H,30,32)/t25-/m1/s1. The lowest BCUT2D eigenvalue weighted by Gasteiger charge is -2.24. The normalized spacial score (nSPS) is 15.3. The van der Waals surface area contributed by atoms with Crippen LogP contribution in [0.15, 0.2) is 40.9 Å². The summed E-state index contributed by atoms with van der Waals surface area (Å²) in [6, 6.07) is 10.6. The Hall–Kier alpha value is -2.21. The molecule has 1 N–H and O–H groups in total. The van der Waals surface area contributed by atoms with Crippen LogP contribution in [0.5, 0.6) is 0 Å². The lowest BCUT2D eigenvalue weighted by Crippen LogP contribution is -2.27. The first-order chi connectivity index (χ1) is 15.5. The number of amides is 1. The number of hydrogen-bond acceptors (Lipinski definition) is 3. The summed E-state index contributed by atoms with van der Waals surface area (Å²) >= 11 is 3.30. The van der Waals surface area contributed by atoms with Gasteiger partial charge < -0.3 is 10.1 Å². The number of esters is 1. The van der Waals surface area contributed by atoms with E-state index in [9.17, 15) is 14.0 Å². The van der Waals surface area contributed by atoms with Gasteiger partial charge in [0.2, 0.25) is 5.91 Å². The van der Waals surface area contributed by atoms with Gasteiger partial charge in [0, 0.05) is 22.1 Å². The molecule has 0 heterocycles.